The van der Waals surface area contributed by atoms with Crippen molar-refractivity contribution < 1.29 is 13.2 Å². The number of carbonyl (C=O) groups is 1. The summed E-state index contributed by atoms with van der Waals surface area (Å²) in [6.45, 7) is 1.85. The van der Waals surface area contributed by atoms with E-state index < -0.39 is 15.4 Å². The Labute approximate surface area is 158 Å². The molecule has 0 radical (unpaired) electrons. The number of ketones is 1. The summed E-state index contributed by atoms with van der Waals surface area (Å²) < 4.78 is 25.1. The number of fused-ring (bicyclic) bond motifs is 3. The van der Waals surface area contributed by atoms with Gasteiger partial charge in [0.25, 0.3) is 10.0 Å². The van der Waals surface area contributed by atoms with E-state index in [2.05, 4.69) is 5.10 Å². The van der Waals surface area contributed by atoms with Crippen molar-refractivity contribution in [3.63, 3.8) is 0 Å². The molecular weight excluding hydrogens is 362 g/mol. The minimum Gasteiger partial charge on any atom is -0.293 e. The summed E-state index contributed by atoms with van der Waals surface area (Å²) in [6.07, 6.45) is 5.76. The van der Waals surface area contributed by atoms with E-state index in [1.165, 1.54) is 0 Å². The maximum Gasteiger partial charge on any atom is 0.250 e. The van der Waals surface area contributed by atoms with E-state index in [0.29, 0.717) is 12.1 Å². The van der Waals surface area contributed by atoms with Crippen LogP contribution in [-0.2, 0) is 26.7 Å². The third kappa shape index (κ3) is 2.47. The number of carbonyl (C=O) groups excluding carboxylic acids is 1. The van der Waals surface area contributed by atoms with Crippen molar-refractivity contribution in [1.82, 2.24) is 9.19 Å². The first-order valence-corrected chi connectivity index (χ1v) is 10.7. The molecule has 0 bridgehead atoms. The maximum atomic E-state index is 12.6. The standard InChI is InChI=1S/C20H19N3O3S/c1-13-17-9-8-14-12-23(27(2,25)26)22-19(14)20(17,10-15(11-21)18(13)24)16-6-4-3-5-7-16/h3-7,10,12-13,17H,8-9H2,1-2H3/t13?,17?,20-/m1/s1. The van der Waals surface area contributed by atoms with E-state index in [9.17, 15) is 18.5 Å². The molecule has 1 heterocycles. The van der Waals surface area contributed by atoms with Crippen LogP contribution in [0, 0.1) is 23.2 Å². The van der Waals surface area contributed by atoms with Crippen molar-refractivity contribution in [2.24, 2.45) is 11.8 Å². The van der Waals surface area contributed by atoms with Crippen LogP contribution in [0.15, 0.2) is 48.2 Å². The lowest BCUT2D eigenvalue weighted by atomic mass is 9.54. The molecule has 7 heteroatoms. The van der Waals surface area contributed by atoms with Crippen molar-refractivity contribution in [3.05, 3.63) is 65.0 Å². The van der Waals surface area contributed by atoms with Gasteiger partial charge in [0.1, 0.15) is 6.07 Å². The van der Waals surface area contributed by atoms with Crippen molar-refractivity contribution >= 4 is 15.8 Å². The third-order valence-electron chi connectivity index (χ3n) is 5.84. The molecule has 2 aliphatic rings. The number of benzene rings is 1. The zero-order chi connectivity index (χ0) is 19.4. The monoisotopic (exact) mass is 381 g/mol. The van der Waals surface area contributed by atoms with Crippen LogP contribution in [0.2, 0.25) is 0 Å². The van der Waals surface area contributed by atoms with Crippen molar-refractivity contribution in [2.75, 3.05) is 6.26 Å². The molecule has 0 saturated carbocycles. The van der Waals surface area contributed by atoms with Gasteiger partial charge >= 0.3 is 0 Å². The minimum atomic E-state index is -3.53. The predicted octanol–water partition coefficient (Wildman–Crippen LogP) is 2.21. The second kappa shape index (κ2) is 5.89. The number of hydrogen-bond acceptors (Lipinski definition) is 5. The first-order chi connectivity index (χ1) is 12.8. The molecule has 2 aromatic rings. The molecule has 0 aliphatic heterocycles. The predicted molar refractivity (Wildman–Crippen MR) is 99.4 cm³/mol. The van der Waals surface area contributed by atoms with Crippen molar-refractivity contribution in [2.45, 2.75) is 25.2 Å². The fourth-order valence-electron chi connectivity index (χ4n) is 4.58. The smallest absolute Gasteiger partial charge is 0.250 e. The Balaban J connectivity index is 2.09. The number of hydrogen-bond donors (Lipinski definition) is 0. The van der Waals surface area contributed by atoms with Crippen LogP contribution in [0.5, 0.6) is 0 Å². The lowest BCUT2D eigenvalue weighted by molar-refractivity contribution is -0.121. The zero-order valence-corrected chi connectivity index (χ0v) is 15.9. The lowest BCUT2D eigenvalue weighted by Gasteiger charge is -2.46. The topological polar surface area (TPSA) is 92.8 Å². The Morgan fingerprint density at radius 3 is 2.63 bits per heavy atom. The second-order valence-electron chi connectivity index (χ2n) is 7.34. The Morgan fingerprint density at radius 2 is 2.00 bits per heavy atom. The number of aryl methyl sites for hydroxylation is 1. The molecule has 0 spiro atoms. The molecule has 1 aromatic carbocycles. The van der Waals surface area contributed by atoms with Gasteiger partial charge in [0.05, 0.1) is 22.9 Å². The van der Waals surface area contributed by atoms with Gasteiger partial charge in [-0.25, -0.2) is 8.42 Å². The van der Waals surface area contributed by atoms with Gasteiger partial charge in [0, 0.05) is 12.1 Å². The Hall–Kier alpha value is -2.72. The molecule has 138 valence electrons. The highest BCUT2D eigenvalue weighted by Gasteiger charge is 2.53. The molecule has 3 atom stereocenters. The third-order valence-corrected chi connectivity index (χ3v) is 6.70. The number of nitriles is 1. The van der Waals surface area contributed by atoms with Gasteiger partial charge in [-0.15, -0.1) is 0 Å². The lowest BCUT2D eigenvalue weighted by Crippen LogP contribution is -2.48. The van der Waals surface area contributed by atoms with Gasteiger partial charge in [0.15, 0.2) is 5.78 Å². The quantitative estimate of drug-likeness (QED) is 0.795. The first-order valence-electron chi connectivity index (χ1n) is 8.81. The molecule has 4 rings (SSSR count). The molecular formula is C20H19N3O3S. The van der Waals surface area contributed by atoms with Crippen LogP contribution < -0.4 is 0 Å². The highest BCUT2D eigenvalue weighted by atomic mass is 32.2. The minimum absolute atomic E-state index is 0.0834. The summed E-state index contributed by atoms with van der Waals surface area (Å²) in [7, 11) is -3.53. The second-order valence-corrected chi connectivity index (χ2v) is 9.18. The number of allylic oxidation sites excluding steroid dienone is 2. The summed E-state index contributed by atoms with van der Waals surface area (Å²) in [4.78, 5) is 12.6. The van der Waals surface area contributed by atoms with Crippen LogP contribution in [0.3, 0.4) is 0 Å². The Bertz CT molecular complexity index is 1110. The van der Waals surface area contributed by atoms with Gasteiger partial charge in [-0.3, -0.25) is 4.79 Å². The number of nitrogens with zero attached hydrogens (tertiary/aromatic N) is 3. The van der Waals surface area contributed by atoms with Crippen molar-refractivity contribution in [3.8, 4) is 6.07 Å². The molecule has 2 aliphatic carbocycles. The fourth-order valence-corrected chi connectivity index (χ4v) is 5.13. The van der Waals surface area contributed by atoms with Gasteiger partial charge in [-0.1, -0.05) is 37.3 Å². The normalized spacial score (nSPS) is 27.3. The molecule has 0 saturated heterocycles. The molecule has 27 heavy (non-hydrogen) atoms. The molecule has 0 N–H and O–H groups in total. The van der Waals surface area contributed by atoms with E-state index in [1.54, 1.807) is 12.3 Å². The maximum absolute atomic E-state index is 12.6. The SMILES string of the molecule is CC1C(=O)C(C#N)=C[C@]2(c3ccccc3)c3nn(S(C)(=O)=O)cc3CCC12. The summed E-state index contributed by atoms with van der Waals surface area (Å²) in [5, 5.41) is 14.0. The van der Waals surface area contributed by atoms with E-state index in [1.807, 2.05) is 43.3 Å². The van der Waals surface area contributed by atoms with E-state index in [4.69, 9.17) is 0 Å². The Kier molecular flexibility index (Phi) is 3.86. The average molecular weight is 381 g/mol. The van der Waals surface area contributed by atoms with Gasteiger partial charge in [0.2, 0.25) is 0 Å². The number of aromatic nitrogens is 2. The van der Waals surface area contributed by atoms with Crippen molar-refractivity contribution in [1.29, 1.82) is 5.26 Å². The van der Waals surface area contributed by atoms with E-state index in [-0.39, 0.29) is 23.2 Å². The molecule has 2 unspecified atom stereocenters. The Morgan fingerprint density at radius 1 is 1.30 bits per heavy atom. The number of Topliss-reactive ketones (excluding diaryl/α,β-unsaturated/α-hetero) is 1. The van der Waals surface area contributed by atoms with Crippen LogP contribution in [0.25, 0.3) is 0 Å². The average Bonchev–Trinajstić information content (AvgIpc) is 3.10. The van der Waals surface area contributed by atoms with Gasteiger partial charge in [-0.2, -0.15) is 14.4 Å². The summed E-state index contributed by atoms with van der Waals surface area (Å²) in [6, 6.07) is 11.7. The van der Waals surface area contributed by atoms with Crippen LogP contribution in [0.1, 0.15) is 30.2 Å². The van der Waals surface area contributed by atoms with Crippen LogP contribution >= 0.6 is 0 Å². The fraction of sp³-hybridized carbons (Fsp3) is 0.350. The highest BCUT2D eigenvalue weighted by molar-refractivity contribution is 7.89. The van der Waals surface area contributed by atoms with E-state index in [0.717, 1.165) is 27.9 Å². The summed E-state index contributed by atoms with van der Waals surface area (Å²) >= 11 is 0. The number of rotatable bonds is 2. The van der Waals surface area contributed by atoms with Crippen LogP contribution in [-0.4, -0.2) is 29.6 Å². The van der Waals surface area contributed by atoms with Gasteiger partial charge < -0.3 is 0 Å². The van der Waals surface area contributed by atoms with Gasteiger partial charge in [-0.05, 0) is 36.0 Å². The first kappa shape index (κ1) is 17.7. The summed E-state index contributed by atoms with van der Waals surface area (Å²) in [5.41, 5.74) is 1.72. The zero-order valence-electron chi connectivity index (χ0n) is 15.1. The molecule has 0 amide bonds. The summed E-state index contributed by atoms with van der Waals surface area (Å²) in [5.74, 6) is -0.582. The largest absolute Gasteiger partial charge is 0.293 e. The molecule has 6 nitrogen and oxygen atoms in total. The van der Waals surface area contributed by atoms with E-state index >= 15 is 0 Å². The highest BCUT2D eigenvalue weighted by Crippen LogP contribution is 2.53. The molecule has 1 aromatic heterocycles. The van der Waals surface area contributed by atoms with Crippen LogP contribution in [0.4, 0.5) is 0 Å². The molecule has 0 fully saturated rings.